The predicted molar refractivity (Wildman–Crippen MR) is 110 cm³/mol. The van der Waals surface area contributed by atoms with Crippen LogP contribution >= 0.6 is 11.6 Å². The summed E-state index contributed by atoms with van der Waals surface area (Å²) in [6, 6.07) is 3.54. The highest BCUT2D eigenvalue weighted by Gasteiger charge is 2.40. The van der Waals surface area contributed by atoms with Gasteiger partial charge in [0.2, 0.25) is 0 Å². The van der Waals surface area contributed by atoms with Crippen LogP contribution < -0.4 is 0 Å². The molecule has 1 aromatic carbocycles. The monoisotopic (exact) mass is 462 g/mol. The molecule has 30 heavy (non-hydrogen) atoms. The van der Waals surface area contributed by atoms with Gasteiger partial charge in [-0.1, -0.05) is 11.6 Å². The van der Waals surface area contributed by atoms with Gasteiger partial charge in [0.05, 0.1) is 10.4 Å². The van der Waals surface area contributed by atoms with Crippen molar-refractivity contribution >= 4 is 39.6 Å². The van der Waals surface area contributed by atoms with E-state index in [9.17, 15) is 22.8 Å². The van der Waals surface area contributed by atoms with E-state index in [2.05, 4.69) is 0 Å². The van der Waals surface area contributed by atoms with E-state index in [-0.39, 0.29) is 15.1 Å². The van der Waals surface area contributed by atoms with Crippen LogP contribution in [0.5, 0.6) is 0 Å². The summed E-state index contributed by atoms with van der Waals surface area (Å²) in [6.07, 6.45) is -1.43. The number of hydroxylamine groups is 1. The number of halogens is 1. The molecule has 0 aliphatic rings. The van der Waals surface area contributed by atoms with Crippen LogP contribution in [-0.4, -0.2) is 55.5 Å². The Balaban J connectivity index is 3.58. The Morgan fingerprint density at radius 1 is 1.00 bits per heavy atom. The van der Waals surface area contributed by atoms with Crippen molar-refractivity contribution in [2.45, 2.75) is 52.0 Å². The van der Waals surface area contributed by atoms with E-state index in [1.54, 1.807) is 0 Å². The Morgan fingerprint density at radius 3 is 1.97 bits per heavy atom. The quantitative estimate of drug-likeness (QED) is 0.632. The number of carbonyl (C=O) groups is 3. The van der Waals surface area contributed by atoms with Crippen LogP contribution in [0.15, 0.2) is 23.1 Å². The molecule has 0 radical (unpaired) electrons. The van der Waals surface area contributed by atoms with Crippen LogP contribution in [0.1, 0.15) is 51.9 Å². The second-order valence-electron chi connectivity index (χ2n) is 8.69. The van der Waals surface area contributed by atoms with Gasteiger partial charge in [-0.3, -0.25) is 4.79 Å². The SMILES string of the molecule is CN(C)C(=O)c1ccc(Cl)c(S(=O)(=O)N(OC(=O)C(C)(C)C)C(=O)OC(C)(C)C)c1. The molecule has 0 fully saturated rings. The molecule has 2 amide bonds. The number of rotatable bonds is 3. The summed E-state index contributed by atoms with van der Waals surface area (Å²) >= 11 is 6.05. The van der Waals surface area contributed by atoms with Crippen molar-refractivity contribution in [1.29, 1.82) is 0 Å². The molecule has 9 nitrogen and oxygen atoms in total. The lowest BCUT2D eigenvalue weighted by atomic mass is 9.98. The first kappa shape index (κ1) is 25.7. The molecule has 1 rings (SSSR count). The minimum atomic E-state index is -4.83. The first-order chi connectivity index (χ1) is 13.4. The average Bonchev–Trinajstić information content (AvgIpc) is 2.56. The summed E-state index contributed by atoms with van der Waals surface area (Å²) in [5, 5.41) is -0.273. The first-order valence-electron chi connectivity index (χ1n) is 8.90. The van der Waals surface area contributed by atoms with E-state index in [1.807, 2.05) is 0 Å². The van der Waals surface area contributed by atoms with Gasteiger partial charge in [0.15, 0.2) is 0 Å². The van der Waals surface area contributed by atoms with Crippen molar-refractivity contribution in [3.8, 4) is 0 Å². The standard InChI is InChI=1S/C19H27ClN2O7S/c1-18(2,3)16(24)29-22(17(25)28-19(4,5)6)30(26,27)14-11-12(9-10-13(14)20)15(23)21(7)8/h9-11H,1-8H3. The zero-order valence-electron chi connectivity index (χ0n) is 18.3. The van der Waals surface area contributed by atoms with E-state index in [0.29, 0.717) is 0 Å². The lowest BCUT2D eigenvalue weighted by molar-refractivity contribution is -0.176. The smallest absolute Gasteiger partial charge is 0.441 e. The van der Waals surface area contributed by atoms with Crippen molar-refractivity contribution < 1.29 is 32.4 Å². The Kier molecular flexibility index (Phi) is 7.55. The number of benzene rings is 1. The molecule has 0 aromatic heterocycles. The number of nitrogens with zero attached hydrogens (tertiary/aromatic N) is 2. The average molecular weight is 463 g/mol. The van der Waals surface area contributed by atoms with Crippen molar-refractivity contribution in [3.63, 3.8) is 0 Å². The fraction of sp³-hybridized carbons (Fsp3) is 0.526. The van der Waals surface area contributed by atoms with E-state index < -0.39 is 43.9 Å². The van der Waals surface area contributed by atoms with Gasteiger partial charge in [0.1, 0.15) is 10.5 Å². The highest BCUT2D eigenvalue weighted by molar-refractivity contribution is 7.89. The lowest BCUT2D eigenvalue weighted by Crippen LogP contribution is -2.44. The van der Waals surface area contributed by atoms with Crippen LogP contribution in [0.2, 0.25) is 5.02 Å². The number of amides is 2. The molecule has 0 N–H and O–H groups in total. The first-order valence-corrected chi connectivity index (χ1v) is 10.7. The van der Waals surface area contributed by atoms with E-state index >= 15 is 0 Å². The number of sulfonamides is 1. The molecular formula is C19H27ClN2O7S. The van der Waals surface area contributed by atoms with Gasteiger partial charge >= 0.3 is 22.1 Å². The number of hydrogen-bond acceptors (Lipinski definition) is 7. The minimum absolute atomic E-state index is 0.00858. The highest BCUT2D eigenvalue weighted by Crippen LogP contribution is 2.29. The predicted octanol–water partition coefficient (Wildman–Crippen LogP) is 3.47. The van der Waals surface area contributed by atoms with Crippen molar-refractivity contribution in [2.24, 2.45) is 5.41 Å². The molecule has 0 atom stereocenters. The summed E-state index contributed by atoms with van der Waals surface area (Å²) < 4.78 is 31.4. The van der Waals surface area contributed by atoms with E-state index in [1.165, 1.54) is 72.7 Å². The molecule has 0 heterocycles. The third-order valence-corrected chi connectivity index (χ3v) is 5.40. The molecule has 0 aliphatic carbocycles. The van der Waals surface area contributed by atoms with Crippen molar-refractivity contribution in [3.05, 3.63) is 28.8 Å². The van der Waals surface area contributed by atoms with Gasteiger partial charge in [0, 0.05) is 19.7 Å². The fourth-order valence-electron chi connectivity index (χ4n) is 1.88. The second-order valence-corrected chi connectivity index (χ2v) is 10.8. The van der Waals surface area contributed by atoms with Crippen molar-refractivity contribution in [2.75, 3.05) is 14.1 Å². The Morgan fingerprint density at radius 2 is 1.53 bits per heavy atom. The maximum atomic E-state index is 13.2. The van der Waals surface area contributed by atoms with Gasteiger partial charge in [-0.05, 0) is 64.2 Å². The molecule has 168 valence electrons. The summed E-state index contributed by atoms with van der Waals surface area (Å²) in [6.45, 7) is 9.01. The van der Waals surface area contributed by atoms with Crippen LogP contribution in [0.3, 0.4) is 0 Å². The number of carbonyl (C=O) groups excluding carboxylic acids is 3. The third kappa shape index (κ3) is 6.33. The van der Waals surface area contributed by atoms with Crippen molar-refractivity contribution in [1.82, 2.24) is 9.37 Å². The maximum Gasteiger partial charge on any atom is 0.459 e. The van der Waals surface area contributed by atoms with Crippen LogP contribution in [0.4, 0.5) is 4.79 Å². The van der Waals surface area contributed by atoms with E-state index in [4.69, 9.17) is 21.2 Å². The van der Waals surface area contributed by atoms with Gasteiger partial charge in [-0.25, -0.2) is 9.59 Å². The minimum Gasteiger partial charge on any atom is -0.441 e. The van der Waals surface area contributed by atoms with Crippen LogP contribution in [0, 0.1) is 5.41 Å². The normalized spacial score (nSPS) is 12.2. The molecule has 0 bridgehead atoms. The zero-order valence-corrected chi connectivity index (χ0v) is 19.8. The lowest BCUT2D eigenvalue weighted by Gasteiger charge is -2.27. The Bertz CT molecular complexity index is 945. The summed E-state index contributed by atoms with van der Waals surface area (Å²) in [7, 11) is -1.85. The molecule has 1 aromatic rings. The fourth-order valence-corrected chi connectivity index (χ4v) is 3.46. The second kappa shape index (κ2) is 8.81. The molecule has 0 saturated carbocycles. The number of hydrogen-bond donors (Lipinski definition) is 0. The maximum absolute atomic E-state index is 13.2. The summed E-state index contributed by atoms with van der Waals surface area (Å²) in [4.78, 5) is 42.8. The summed E-state index contributed by atoms with van der Waals surface area (Å²) in [5.74, 6) is -1.48. The van der Waals surface area contributed by atoms with Gasteiger partial charge in [-0.2, -0.15) is 8.42 Å². The molecule has 0 saturated heterocycles. The Hall–Kier alpha value is -2.33. The van der Waals surface area contributed by atoms with Gasteiger partial charge < -0.3 is 14.5 Å². The molecule has 0 unspecified atom stereocenters. The largest absolute Gasteiger partial charge is 0.459 e. The molecular weight excluding hydrogens is 436 g/mol. The highest BCUT2D eigenvalue weighted by atomic mass is 35.5. The van der Waals surface area contributed by atoms with Crippen LogP contribution in [-0.2, 0) is 24.4 Å². The number of ether oxygens (including phenoxy) is 1. The van der Waals surface area contributed by atoms with Gasteiger partial charge in [0.25, 0.3) is 5.91 Å². The molecule has 11 heteroatoms. The molecule has 0 aliphatic heterocycles. The topological polar surface area (TPSA) is 110 Å². The Labute approximate surface area is 181 Å². The summed E-state index contributed by atoms with van der Waals surface area (Å²) in [5.41, 5.74) is -2.19. The van der Waals surface area contributed by atoms with Crippen LogP contribution in [0.25, 0.3) is 0 Å². The molecule has 0 spiro atoms. The third-order valence-electron chi connectivity index (χ3n) is 3.40. The zero-order chi connectivity index (χ0) is 23.7. The van der Waals surface area contributed by atoms with E-state index in [0.717, 1.165) is 6.07 Å². The van der Waals surface area contributed by atoms with Gasteiger partial charge in [-0.15, -0.1) is 0 Å².